The highest BCUT2D eigenvalue weighted by Crippen LogP contribution is 2.49. The van der Waals surface area contributed by atoms with E-state index in [1.54, 1.807) is 0 Å². The molecule has 0 atom stereocenters. The van der Waals surface area contributed by atoms with E-state index in [9.17, 15) is 0 Å². The van der Waals surface area contributed by atoms with Crippen LogP contribution in [-0.2, 0) is 10.8 Å². The maximum Gasteiger partial charge on any atom is 0.164 e. The van der Waals surface area contributed by atoms with Gasteiger partial charge in [-0.05, 0) is 128 Å². The lowest BCUT2D eigenvalue weighted by atomic mass is 9.63. The van der Waals surface area contributed by atoms with Gasteiger partial charge in [0.2, 0.25) is 0 Å². The summed E-state index contributed by atoms with van der Waals surface area (Å²) in [5.41, 5.74) is 14.0. The first-order chi connectivity index (χ1) is 31.7. The molecule has 0 aliphatic heterocycles. The summed E-state index contributed by atoms with van der Waals surface area (Å²) in [6.07, 6.45) is 2.34. The Morgan fingerprint density at radius 2 is 0.892 bits per heavy atom. The van der Waals surface area contributed by atoms with Crippen LogP contribution in [0.3, 0.4) is 0 Å². The van der Waals surface area contributed by atoms with Crippen molar-refractivity contribution in [2.75, 3.05) is 0 Å². The highest BCUT2D eigenvalue weighted by Gasteiger charge is 2.38. The molecule has 12 rings (SSSR count). The Morgan fingerprint density at radius 3 is 1.58 bits per heavy atom. The normalized spacial score (nSPS) is 14.3. The SMILES string of the molecule is CC1(C)CCC(C)(C)c2cc3c(cc21)c1ccccc1n3-c1ccc(-c2nc(-c3cc(-c4ccccc4)cc(-c4ccccc4)c3)nc(-c3ccc4ccccc4c3)n2)c2ccccc12. The van der Waals surface area contributed by atoms with E-state index in [-0.39, 0.29) is 10.8 Å². The zero-order valence-corrected chi connectivity index (χ0v) is 37.2. The van der Waals surface area contributed by atoms with Crippen LogP contribution in [0, 0.1) is 0 Å². The molecule has 312 valence electrons. The quantitative estimate of drug-likeness (QED) is 0.168. The van der Waals surface area contributed by atoms with Crippen molar-refractivity contribution in [3.05, 3.63) is 205 Å². The van der Waals surface area contributed by atoms with E-state index in [4.69, 9.17) is 15.0 Å². The number of benzene rings is 9. The zero-order chi connectivity index (χ0) is 43.9. The first-order valence-corrected chi connectivity index (χ1v) is 22.8. The Labute approximate surface area is 379 Å². The second kappa shape index (κ2) is 15.0. The molecule has 0 saturated carbocycles. The molecule has 65 heavy (non-hydrogen) atoms. The van der Waals surface area contributed by atoms with Crippen LogP contribution in [-0.4, -0.2) is 19.5 Å². The van der Waals surface area contributed by atoms with E-state index >= 15 is 0 Å². The van der Waals surface area contributed by atoms with Gasteiger partial charge in [-0.3, -0.25) is 0 Å². The molecule has 0 amide bonds. The molecule has 4 nitrogen and oxygen atoms in total. The Bertz CT molecular complexity index is 3600. The molecule has 0 saturated heterocycles. The molecule has 4 heteroatoms. The largest absolute Gasteiger partial charge is 0.309 e. The fraction of sp³-hybridized carbons (Fsp3) is 0.131. The summed E-state index contributed by atoms with van der Waals surface area (Å²) in [4.78, 5) is 16.1. The van der Waals surface area contributed by atoms with Gasteiger partial charge in [-0.2, -0.15) is 0 Å². The van der Waals surface area contributed by atoms with Crippen LogP contribution < -0.4 is 0 Å². The van der Waals surface area contributed by atoms with Gasteiger partial charge in [0.1, 0.15) is 0 Å². The molecule has 0 radical (unpaired) electrons. The minimum atomic E-state index is 0.0772. The Hall–Kier alpha value is -7.69. The van der Waals surface area contributed by atoms with E-state index in [0.29, 0.717) is 17.5 Å². The van der Waals surface area contributed by atoms with E-state index in [0.717, 1.165) is 67.2 Å². The van der Waals surface area contributed by atoms with Crippen molar-refractivity contribution in [1.82, 2.24) is 19.5 Å². The summed E-state index contributed by atoms with van der Waals surface area (Å²) < 4.78 is 2.49. The molecule has 2 aromatic heterocycles. The van der Waals surface area contributed by atoms with Crippen molar-refractivity contribution in [3.63, 3.8) is 0 Å². The minimum Gasteiger partial charge on any atom is -0.309 e. The van der Waals surface area contributed by atoms with Gasteiger partial charge < -0.3 is 4.57 Å². The topological polar surface area (TPSA) is 43.6 Å². The molecule has 0 spiro atoms. The Morgan fingerprint density at radius 1 is 0.354 bits per heavy atom. The summed E-state index contributed by atoms with van der Waals surface area (Å²) in [7, 11) is 0. The summed E-state index contributed by atoms with van der Waals surface area (Å²) >= 11 is 0. The van der Waals surface area contributed by atoms with Gasteiger partial charge in [0.05, 0.1) is 16.7 Å². The average molecular weight is 837 g/mol. The van der Waals surface area contributed by atoms with Gasteiger partial charge in [-0.15, -0.1) is 0 Å². The molecule has 1 aliphatic carbocycles. The second-order valence-electron chi connectivity index (χ2n) is 19.1. The fourth-order valence-corrected chi connectivity index (χ4v) is 10.4. The van der Waals surface area contributed by atoms with Crippen LogP contribution in [0.25, 0.3) is 105 Å². The Kier molecular flexibility index (Phi) is 8.96. The van der Waals surface area contributed by atoms with E-state index in [1.165, 1.54) is 44.7 Å². The van der Waals surface area contributed by atoms with Gasteiger partial charge in [-0.1, -0.05) is 167 Å². The lowest BCUT2D eigenvalue weighted by Crippen LogP contribution is -2.33. The second-order valence-corrected chi connectivity index (χ2v) is 19.1. The number of para-hydroxylation sites is 1. The molecule has 0 unspecified atom stereocenters. The molecule has 0 bridgehead atoms. The van der Waals surface area contributed by atoms with Crippen molar-refractivity contribution >= 4 is 43.4 Å². The predicted octanol–water partition coefficient (Wildman–Crippen LogP) is 16.0. The molecule has 0 fully saturated rings. The van der Waals surface area contributed by atoms with Gasteiger partial charge >= 0.3 is 0 Å². The number of nitrogens with zero attached hydrogens (tertiary/aromatic N) is 4. The molecule has 1 aliphatic rings. The minimum absolute atomic E-state index is 0.0772. The van der Waals surface area contributed by atoms with Gasteiger partial charge in [0.25, 0.3) is 0 Å². The Balaban J connectivity index is 1.10. The van der Waals surface area contributed by atoms with Crippen molar-refractivity contribution < 1.29 is 0 Å². The first-order valence-electron chi connectivity index (χ1n) is 22.8. The van der Waals surface area contributed by atoms with Crippen LogP contribution in [0.1, 0.15) is 51.7 Å². The summed E-state index contributed by atoms with van der Waals surface area (Å²) in [5.74, 6) is 1.89. The standard InChI is InChI=1S/C61H48N4/c1-60(2)31-32-61(3,4)53-38-56-51(37-52(53)60)49-25-15-16-26-54(49)65(56)55-30-29-50(47-23-13-14-24-48(47)55)59-63-57(43-28-27-41-21-11-12-22-42(41)33-43)62-58(64-59)46-35-44(39-17-7-5-8-18-39)34-45(36-46)40-19-9-6-10-20-40/h5-30,33-38H,31-32H2,1-4H3. The summed E-state index contributed by atoms with van der Waals surface area (Å²) in [6, 6.07) is 69.9. The van der Waals surface area contributed by atoms with Crippen LogP contribution in [0.4, 0.5) is 0 Å². The molecule has 11 aromatic rings. The lowest BCUT2D eigenvalue weighted by molar-refractivity contribution is 0.332. The maximum atomic E-state index is 5.42. The number of hydrogen-bond acceptors (Lipinski definition) is 3. The monoisotopic (exact) mass is 836 g/mol. The van der Waals surface area contributed by atoms with Crippen LogP contribution in [0.15, 0.2) is 194 Å². The van der Waals surface area contributed by atoms with Crippen molar-refractivity contribution in [3.8, 4) is 62.1 Å². The van der Waals surface area contributed by atoms with Crippen molar-refractivity contribution in [2.45, 2.75) is 51.4 Å². The van der Waals surface area contributed by atoms with Crippen LogP contribution in [0.2, 0.25) is 0 Å². The van der Waals surface area contributed by atoms with Crippen molar-refractivity contribution in [1.29, 1.82) is 0 Å². The predicted molar refractivity (Wildman–Crippen MR) is 272 cm³/mol. The summed E-state index contributed by atoms with van der Waals surface area (Å²) in [6.45, 7) is 9.66. The number of rotatable bonds is 6. The molecule has 2 heterocycles. The molecular formula is C61H48N4. The number of fused-ring (bicyclic) bond motifs is 6. The van der Waals surface area contributed by atoms with E-state index in [2.05, 4.69) is 226 Å². The van der Waals surface area contributed by atoms with E-state index < -0.39 is 0 Å². The third-order valence-electron chi connectivity index (χ3n) is 14.1. The average Bonchev–Trinajstić information content (AvgIpc) is 3.68. The van der Waals surface area contributed by atoms with Gasteiger partial charge in [0, 0.05) is 32.8 Å². The molecule has 0 N–H and O–H groups in total. The third-order valence-corrected chi connectivity index (χ3v) is 14.1. The zero-order valence-electron chi connectivity index (χ0n) is 37.2. The maximum absolute atomic E-state index is 5.42. The first kappa shape index (κ1) is 38.9. The van der Waals surface area contributed by atoms with Crippen LogP contribution >= 0.6 is 0 Å². The van der Waals surface area contributed by atoms with Crippen molar-refractivity contribution in [2.24, 2.45) is 0 Å². The summed E-state index contributed by atoms with van der Waals surface area (Å²) in [5, 5.41) is 7.10. The van der Waals surface area contributed by atoms with Crippen LogP contribution in [0.5, 0.6) is 0 Å². The third kappa shape index (κ3) is 6.63. The highest BCUT2D eigenvalue weighted by atomic mass is 15.0. The highest BCUT2D eigenvalue weighted by molar-refractivity contribution is 6.12. The number of aromatic nitrogens is 4. The number of hydrogen-bond donors (Lipinski definition) is 0. The smallest absolute Gasteiger partial charge is 0.164 e. The fourth-order valence-electron chi connectivity index (χ4n) is 10.4. The molecular weight excluding hydrogens is 789 g/mol. The lowest BCUT2D eigenvalue weighted by Gasteiger charge is -2.42. The molecule has 9 aromatic carbocycles. The van der Waals surface area contributed by atoms with E-state index in [1.807, 2.05) is 0 Å². The van der Waals surface area contributed by atoms with Gasteiger partial charge in [-0.25, -0.2) is 15.0 Å². The van der Waals surface area contributed by atoms with Gasteiger partial charge in [0.15, 0.2) is 17.5 Å².